The van der Waals surface area contributed by atoms with E-state index in [2.05, 4.69) is 31.8 Å². The van der Waals surface area contributed by atoms with E-state index in [0.29, 0.717) is 24.6 Å². The molecule has 152 valence electrons. The quantitative estimate of drug-likeness (QED) is 0.698. The van der Waals surface area contributed by atoms with Crippen LogP contribution >= 0.6 is 0 Å². The van der Waals surface area contributed by atoms with Crippen molar-refractivity contribution in [3.8, 4) is 16.9 Å². The van der Waals surface area contributed by atoms with Crippen molar-refractivity contribution in [2.45, 2.75) is 32.4 Å². The number of fused-ring (bicyclic) bond motifs is 3. The minimum Gasteiger partial charge on any atom is -0.442 e. The maximum absolute atomic E-state index is 12.4. The summed E-state index contributed by atoms with van der Waals surface area (Å²) < 4.78 is 5.45. The molecular weight excluding hydrogens is 386 g/mol. The summed E-state index contributed by atoms with van der Waals surface area (Å²) in [4.78, 5) is 31.1. The van der Waals surface area contributed by atoms with E-state index in [1.54, 1.807) is 18.0 Å². The van der Waals surface area contributed by atoms with Gasteiger partial charge in [0.25, 0.3) is 0 Å². The van der Waals surface area contributed by atoms with Gasteiger partial charge in [-0.15, -0.1) is 15.0 Å². The molecule has 10 nitrogen and oxygen atoms in total. The van der Waals surface area contributed by atoms with Gasteiger partial charge in [-0.1, -0.05) is 6.07 Å². The first-order valence-electron chi connectivity index (χ1n) is 9.60. The van der Waals surface area contributed by atoms with Crippen LogP contribution in [-0.4, -0.2) is 55.9 Å². The zero-order valence-electron chi connectivity index (χ0n) is 16.4. The molecule has 0 bridgehead atoms. The molecule has 2 atom stereocenters. The molecule has 4 heterocycles. The first kappa shape index (κ1) is 18.2. The van der Waals surface area contributed by atoms with E-state index in [4.69, 9.17) is 4.74 Å². The summed E-state index contributed by atoms with van der Waals surface area (Å²) in [6, 6.07) is 9.64. The number of tetrazole rings is 1. The van der Waals surface area contributed by atoms with Crippen molar-refractivity contribution >= 4 is 17.7 Å². The summed E-state index contributed by atoms with van der Waals surface area (Å²) in [7, 11) is 0. The number of cyclic esters (lactones) is 1. The summed E-state index contributed by atoms with van der Waals surface area (Å²) >= 11 is 0. The predicted octanol–water partition coefficient (Wildman–Crippen LogP) is 1.42. The molecule has 0 radical (unpaired) electrons. The second-order valence-electron chi connectivity index (χ2n) is 7.38. The average Bonchev–Trinajstić information content (AvgIpc) is 3.41. The topological polar surface area (TPSA) is 115 Å². The first-order valence-corrected chi connectivity index (χ1v) is 9.60. The lowest BCUT2D eigenvalue weighted by atomic mass is 10.0. The summed E-state index contributed by atoms with van der Waals surface area (Å²) in [5.74, 6) is 1.02. The van der Waals surface area contributed by atoms with Crippen LogP contribution in [0.2, 0.25) is 0 Å². The fourth-order valence-corrected chi connectivity index (χ4v) is 3.93. The molecule has 1 N–H and O–H groups in total. The molecule has 0 spiro atoms. The number of carbonyl (C=O) groups excluding carboxylic acids is 2. The summed E-state index contributed by atoms with van der Waals surface area (Å²) in [6.07, 6.45) is 1.70. The highest BCUT2D eigenvalue weighted by Gasteiger charge is 2.47. The van der Waals surface area contributed by atoms with E-state index >= 15 is 0 Å². The molecular formula is C20H19N7O3. The van der Waals surface area contributed by atoms with E-state index < -0.39 is 0 Å². The van der Waals surface area contributed by atoms with E-state index in [0.717, 1.165) is 22.4 Å². The standard InChI is InChI=1S/C20H19N7O3/c1-11-23-25-27(24-11)19-6-4-14(9-22-19)13-3-5-16-15(7-13)8-17-18(10-21-12(2)28)30-20(29)26(16)17/h3-7,9,17-18H,8,10H2,1-2H3,(H,21,28)/t17?,18-/m0/s1. The highest BCUT2D eigenvalue weighted by molar-refractivity contribution is 5.94. The Morgan fingerprint density at radius 1 is 1.27 bits per heavy atom. The van der Waals surface area contributed by atoms with Crippen LogP contribution in [0.25, 0.3) is 16.9 Å². The number of aromatic nitrogens is 5. The van der Waals surface area contributed by atoms with E-state index in [9.17, 15) is 9.59 Å². The zero-order chi connectivity index (χ0) is 20.8. The monoisotopic (exact) mass is 405 g/mol. The SMILES string of the molecule is CC(=O)NC[C@@H]1OC(=O)N2c3ccc(-c4ccc(-n5nnc(C)n5)nc4)cc3CC12. The number of anilines is 1. The van der Waals surface area contributed by atoms with Gasteiger partial charge in [0.2, 0.25) is 5.91 Å². The first-order chi connectivity index (χ1) is 14.5. The van der Waals surface area contributed by atoms with Crippen LogP contribution in [-0.2, 0) is 16.0 Å². The number of pyridine rings is 1. The molecule has 10 heteroatoms. The summed E-state index contributed by atoms with van der Waals surface area (Å²) in [5, 5.41) is 14.7. The molecule has 1 unspecified atom stereocenters. The Kier molecular flexibility index (Phi) is 4.19. The zero-order valence-corrected chi connectivity index (χ0v) is 16.4. The van der Waals surface area contributed by atoms with Crippen LogP contribution in [0.1, 0.15) is 18.3 Å². The number of nitrogens with one attached hydrogen (secondary N) is 1. The highest BCUT2D eigenvalue weighted by atomic mass is 16.6. The van der Waals surface area contributed by atoms with Gasteiger partial charge in [0.15, 0.2) is 11.6 Å². The van der Waals surface area contributed by atoms with Crippen molar-refractivity contribution in [1.82, 2.24) is 30.5 Å². The van der Waals surface area contributed by atoms with Gasteiger partial charge < -0.3 is 10.1 Å². The van der Waals surface area contributed by atoms with Gasteiger partial charge >= 0.3 is 6.09 Å². The van der Waals surface area contributed by atoms with Gasteiger partial charge in [-0.2, -0.15) is 0 Å². The molecule has 5 rings (SSSR count). The fourth-order valence-electron chi connectivity index (χ4n) is 3.93. The second-order valence-corrected chi connectivity index (χ2v) is 7.38. The van der Waals surface area contributed by atoms with Crippen LogP contribution in [0.4, 0.5) is 10.5 Å². The van der Waals surface area contributed by atoms with Crippen molar-refractivity contribution in [1.29, 1.82) is 0 Å². The minimum atomic E-state index is -0.372. The predicted molar refractivity (Wildman–Crippen MR) is 106 cm³/mol. The van der Waals surface area contributed by atoms with Crippen LogP contribution in [0.3, 0.4) is 0 Å². The molecule has 1 fully saturated rings. The van der Waals surface area contributed by atoms with Gasteiger partial charge in [0.05, 0.1) is 18.3 Å². The van der Waals surface area contributed by atoms with E-state index in [1.807, 2.05) is 24.3 Å². The lowest BCUT2D eigenvalue weighted by Crippen LogP contribution is -2.40. The number of amides is 2. The smallest absolute Gasteiger partial charge is 0.415 e. The number of hydrogen-bond donors (Lipinski definition) is 1. The number of aryl methyl sites for hydroxylation is 1. The Bertz CT molecular complexity index is 1140. The average molecular weight is 405 g/mol. The summed E-state index contributed by atoms with van der Waals surface area (Å²) in [6.45, 7) is 3.53. The Hall–Kier alpha value is -3.82. The van der Waals surface area contributed by atoms with E-state index in [-0.39, 0.29) is 24.1 Å². The number of nitrogens with zero attached hydrogens (tertiary/aromatic N) is 6. The van der Waals surface area contributed by atoms with E-state index in [1.165, 1.54) is 11.7 Å². The Morgan fingerprint density at radius 2 is 2.10 bits per heavy atom. The number of carbonyl (C=O) groups is 2. The van der Waals surface area contributed by atoms with Gasteiger partial charge in [-0.3, -0.25) is 9.69 Å². The van der Waals surface area contributed by atoms with Crippen LogP contribution in [0.5, 0.6) is 0 Å². The third-order valence-corrected chi connectivity index (χ3v) is 5.33. The molecule has 0 saturated carbocycles. The molecule has 2 aliphatic rings. The van der Waals surface area contributed by atoms with Crippen LogP contribution in [0.15, 0.2) is 36.5 Å². The van der Waals surface area contributed by atoms with Crippen molar-refractivity contribution in [3.05, 3.63) is 47.9 Å². The molecule has 1 saturated heterocycles. The maximum Gasteiger partial charge on any atom is 0.415 e. The van der Waals surface area contributed by atoms with Gasteiger partial charge in [0, 0.05) is 18.7 Å². The normalized spacial score (nSPS) is 19.4. The van der Waals surface area contributed by atoms with Crippen molar-refractivity contribution in [2.75, 3.05) is 11.4 Å². The largest absolute Gasteiger partial charge is 0.442 e. The lowest BCUT2D eigenvalue weighted by molar-refractivity contribution is -0.119. The molecule has 2 amide bonds. The van der Waals surface area contributed by atoms with Gasteiger partial charge in [-0.05, 0) is 54.0 Å². The Labute approximate surface area is 171 Å². The van der Waals surface area contributed by atoms with Gasteiger partial charge in [0.1, 0.15) is 6.10 Å². The molecule has 30 heavy (non-hydrogen) atoms. The lowest BCUT2D eigenvalue weighted by Gasteiger charge is -2.16. The number of rotatable bonds is 4. The number of ether oxygens (including phenoxy) is 1. The van der Waals surface area contributed by atoms with Gasteiger partial charge in [-0.25, -0.2) is 9.78 Å². The number of hydrogen-bond acceptors (Lipinski definition) is 7. The molecule has 0 aliphatic carbocycles. The molecule has 2 aliphatic heterocycles. The summed E-state index contributed by atoms with van der Waals surface area (Å²) in [5.41, 5.74) is 3.87. The minimum absolute atomic E-state index is 0.114. The van der Waals surface area contributed by atoms with Crippen molar-refractivity contribution < 1.29 is 14.3 Å². The van der Waals surface area contributed by atoms with Crippen molar-refractivity contribution in [2.24, 2.45) is 0 Å². The Balaban J connectivity index is 1.39. The third-order valence-electron chi connectivity index (χ3n) is 5.33. The second kappa shape index (κ2) is 6.90. The molecule has 1 aromatic carbocycles. The molecule has 2 aromatic heterocycles. The van der Waals surface area contributed by atoms with Crippen molar-refractivity contribution in [3.63, 3.8) is 0 Å². The molecule has 3 aromatic rings. The maximum atomic E-state index is 12.4. The highest BCUT2D eigenvalue weighted by Crippen LogP contribution is 2.40. The fraction of sp³-hybridized carbons (Fsp3) is 0.300. The van der Waals surface area contributed by atoms with Crippen LogP contribution in [0, 0.1) is 6.92 Å². The third kappa shape index (κ3) is 3.06. The number of benzene rings is 1. The van der Waals surface area contributed by atoms with Crippen LogP contribution < -0.4 is 10.2 Å². The Morgan fingerprint density at radius 3 is 2.80 bits per heavy atom.